The Morgan fingerprint density at radius 1 is 0.491 bits per heavy atom. The molecule has 8 aromatic carbocycles. The average Bonchev–Trinajstić information content (AvgIpc) is 3.87. The van der Waals surface area contributed by atoms with Gasteiger partial charge in [0.25, 0.3) is 0 Å². The van der Waals surface area contributed by atoms with E-state index in [0.717, 1.165) is 0 Å². The summed E-state index contributed by atoms with van der Waals surface area (Å²) in [5.74, 6) is 0. The molecule has 1 unspecified atom stereocenters. The third kappa shape index (κ3) is 3.66. The van der Waals surface area contributed by atoms with Crippen LogP contribution in [0.2, 0.25) is 0 Å². The highest BCUT2D eigenvalue weighted by Gasteiger charge is 2.52. The average molecular weight is 716 g/mol. The maximum absolute atomic E-state index is 2.57. The summed E-state index contributed by atoms with van der Waals surface area (Å²) in [5, 5.41) is 5.33. The monoisotopic (exact) mass is 715 g/mol. The standard InChI is InChI=1S/C52H31N2S/c1-3-15-32(16-4-1)46-31-47(33-17-5-2-6-18-33)53(46)34-27-28-36-35-19-7-10-22-40(35)52(42(36)29-34)41-23-11-13-25-45(41)54-44-24-12-8-21-38(44)49-50(54)43(52)30-39-37-20-9-14-26-48(37)55-51(39)49/h1-31H/q+1. The predicted octanol–water partition coefficient (Wildman–Crippen LogP) is 13.0. The summed E-state index contributed by atoms with van der Waals surface area (Å²) in [6, 6.07) is 67.8. The number of rotatable bonds is 3. The predicted molar refractivity (Wildman–Crippen MR) is 229 cm³/mol. The van der Waals surface area contributed by atoms with Crippen LogP contribution in [-0.2, 0) is 5.41 Å². The first kappa shape index (κ1) is 29.6. The fourth-order valence-electron chi connectivity index (χ4n) is 10.2. The van der Waals surface area contributed by atoms with Gasteiger partial charge in [-0.25, -0.2) is 0 Å². The van der Waals surface area contributed by atoms with Gasteiger partial charge in [-0.05, 0) is 88.0 Å². The molecular weight excluding hydrogens is 685 g/mol. The molecule has 13 rings (SSSR count). The van der Waals surface area contributed by atoms with Crippen LogP contribution < -0.4 is 0 Å². The zero-order chi connectivity index (χ0) is 35.8. The van der Waals surface area contributed by atoms with Gasteiger partial charge in [-0.15, -0.1) is 11.3 Å². The molecule has 55 heavy (non-hydrogen) atoms. The van der Waals surface area contributed by atoms with Crippen LogP contribution in [0.4, 0.5) is 5.69 Å². The third-order valence-corrected chi connectivity index (χ3v) is 13.6. The second kappa shape index (κ2) is 10.7. The molecule has 3 heteroatoms. The van der Waals surface area contributed by atoms with Crippen LogP contribution >= 0.6 is 11.3 Å². The highest BCUT2D eigenvalue weighted by atomic mass is 32.1. The fourth-order valence-corrected chi connectivity index (χ4v) is 11.5. The van der Waals surface area contributed by atoms with Crippen molar-refractivity contribution in [2.75, 3.05) is 0 Å². The number of thiophene rings is 1. The Morgan fingerprint density at radius 2 is 1.16 bits per heavy atom. The lowest BCUT2D eigenvalue weighted by molar-refractivity contribution is -0.341. The van der Waals surface area contributed by atoms with E-state index in [9.17, 15) is 0 Å². The van der Waals surface area contributed by atoms with E-state index in [1.54, 1.807) is 0 Å². The molecule has 3 aliphatic rings. The van der Waals surface area contributed by atoms with Crippen LogP contribution in [-0.4, -0.2) is 14.9 Å². The van der Waals surface area contributed by atoms with Gasteiger partial charge in [0, 0.05) is 54.2 Å². The Labute approximate surface area is 321 Å². The lowest BCUT2D eigenvalue weighted by Gasteiger charge is -2.39. The quantitative estimate of drug-likeness (QED) is 0.161. The molecule has 0 radical (unpaired) electrons. The molecule has 2 nitrogen and oxygen atoms in total. The number of hydrogen-bond donors (Lipinski definition) is 0. The van der Waals surface area contributed by atoms with Crippen LogP contribution in [0.15, 0.2) is 188 Å². The molecule has 0 amide bonds. The maximum atomic E-state index is 2.57. The molecule has 10 aromatic rings. The number of nitrogens with zero attached hydrogens (tertiary/aromatic N) is 2. The molecule has 2 aromatic heterocycles. The van der Waals surface area contributed by atoms with Crippen LogP contribution in [0.1, 0.15) is 33.4 Å². The first-order valence-electron chi connectivity index (χ1n) is 19.0. The SMILES string of the molecule is C1=C(c2ccccc2)[N+](c2ccc3c(c2)C2(c4ccccc4-3)c3ccccc3-n3c4ccccc4c4c5sc6ccccc6c5cc2c43)=C1c1ccccc1. The van der Waals surface area contributed by atoms with E-state index in [1.807, 2.05) is 11.3 Å². The van der Waals surface area contributed by atoms with Crippen LogP contribution in [0.25, 0.3) is 64.5 Å². The summed E-state index contributed by atoms with van der Waals surface area (Å²) in [7, 11) is 0. The van der Waals surface area contributed by atoms with Crippen molar-refractivity contribution in [3.05, 3.63) is 221 Å². The van der Waals surface area contributed by atoms with E-state index in [-0.39, 0.29) is 0 Å². The van der Waals surface area contributed by atoms with Gasteiger partial charge in [-0.1, -0.05) is 115 Å². The van der Waals surface area contributed by atoms with E-state index in [0.29, 0.717) is 0 Å². The van der Waals surface area contributed by atoms with E-state index in [1.165, 1.54) is 109 Å². The molecule has 0 fully saturated rings. The van der Waals surface area contributed by atoms with Crippen molar-refractivity contribution in [3.63, 3.8) is 0 Å². The van der Waals surface area contributed by atoms with Crippen LogP contribution in [0.3, 0.4) is 0 Å². The molecule has 1 aliphatic carbocycles. The van der Waals surface area contributed by atoms with Crippen molar-refractivity contribution >= 4 is 70.4 Å². The summed E-state index contributed by atoms with van der Waals surface area (Å²) < 4.78 is 7.74. The topological polar surface area (TPSA) is 7.94 Å². The third-order valence-electron chi connectivity index (χ3n) is 12.4. The summed E-state index contributed by atoms with van der Waals surface area (Å²) in [4.78, 5) is 0. The summed E-state index contributed by atoms with van der Waals surface area (Å²) in [6.07, 6.45) is 2.34. The number of hydrogen-bond acceptors (Lipinski definition) is 1. The number of aromatic nitrogens is 1. The Kier molecular flexibility index (Phi) is 5.74. The Bertz CT molecular complexity index is 3360. The highest BCUT2D eigenvalue weighted by molar-refractivity contribution is 7.26. The van der Waals surface area contributed by atoms with Crippen molar-refractivity contribution in [1.29, 1.82) is 0 Å². The van der Waals surface area contributed by atoms with Crippen molar-refractivity contribution in [2.24, 2.45) is 0 Å². The molecule has 1 spiro atoms. The Hall–Kier alpha value is -6.81. The Balaban J connectivity index is 1.20. The van der Waals surface area contributed by atoms with Crippen molar-refractivity contribution in [1.82, 2.24) is 4.57 Å². The van der Waals surface area contributed by atoms with E-state index in [2.05, 4.69) is 197 Å². The summed E-state index contributed by atoms with van der Waals surface area (Å²) in [6.45, 7) is 0. The van der Waals surface area contributed by atoms with Crippen LogP contribution in [0, 0.1) is 0 Å². The van der Waals surface area contributed by atoms with Gasteiger partial charge in [0.15, 0.2) is 0 Å². The number of fused-ring (bicyclic) bond motifs is 16. The minimum Gasteiger partial charge on any atom is -0.309 e. The second-order valence-corrected chi connectivity index (χ2v) is 16.1. The lowest BCUT2D eigenvalue weighted by atomic mass is 9.65. The zero-order valence-corrected chi connectivity index (χ0v) is 30.5. The van der Waals surface area contributed by atoms with E-state index < -0.39 is 5.41 Å². The molecule has 254 valence electrons. The first-order chi connectivity index (χ1) is 27.3. The van der Waals surface area contributed by atoms with Crippen LogP contribution in [0.5, 0.6) is 0 Å². The second-order valence-electron chi connectivity index (χ2n) is 15.0. The number of allylic oxidation sites excluding steroid dienone is 1. The van der Waals surface area contributed by atoms with Crippen molar-refractivity contribution < 1.29 is 4.58 Å². The Morgan fingerprint density at radius 3 is 2.02 bits per heavy atom. The zero-order valence-electron chi connectivity index (χ0n) is 29.7. The molecule has 0 saturated heterocycles. The smallest absolute Gasteiger partial charge is 0.225 e. The van der Waals surface area contributed by atoms with E-state index >= 15 is 0 Å². The normalized spacial score (nSPS) is 16.5. The molecular formula is C52H31N2S+. The minimum atomic E-state index is -0.549. The largest absolute Gasteiger partial charge is 0.309 e. The van der Waals surface area contributed by atoms with Gasteiger partial charge in [-0.2, -0.15) is 4.58 Å². The van der Waals surface area contributed by atoms with Crippen molar-refractivity contribution in [3.8, 4) is 16.8 Å². The molecule has 1 atom stereocenters. The van der Waals surface area contributed by atoms with Gasteiger partial charge in [0.2, 0.25) is 17.1 Å². The molecule has 4 heterocycles. The van der Waals surface area contributed by atoms with Gasteiger partial charge in [-0.3, -0.25) is 0 Å². The van der Waals surface area contributed by atoms with E-state index in [4.69, 9.17) is 0 Å². The number of benzene rings is 8. The first-order valence-corrected chi connectivity index (χ1v) is 19.8. The maximum Gasteiger partial charge on any atom is 0.225 e. The van der Waals surface area contributed by atoms with Crippen molar-refractivity contribution in [2.45, 2.75) is 5.41 Å². The lowest BCUT2D eigenvalue weighted by Crippen LogP contribution is -2.33. The summed E-state index contributed by atoms with van der Waals surface area (Å²) >= 11 is 1.93. The highest BCUT2D eigenvalue weighted by Crippen LogP contribution is 2.63. The van der Waals surface area contributed by atoms with Gasteiger partial charge >= 0.3 is 0 Å². The van der Waals surface area contributed by atoms with Gasteiger partial charge < -0.3 is 4.57 Å². The molecule has 0 bridgehead atoms. The van der Waals surface area contributed by atoms with Gasteiger partial charge in [0.05, 0.1) is 28.2 Å². The van der Waals surface area contributed by atoms with Gasteiger partial charge in [0.1, 0.15) is 0 Å². The molecule has 2 aliphatic heterocycles. The molecule has 0 saturated carbocycles. The molecule has 0 N–H and O–H groups in total. The summed E-state index contributed by atoms with van der Waals surface area (Å²) in [5.41, 5.74) is 17.3. The minimum absolute atomic E-state index is 0.549. The fraction of sp³-hybridized carbons (Fsp3) is 0.0192. The number of para-hydroxylation sites is 2.